The van der Waals surface area contributed by atoms with Gasteiger partial charge in [0.2, 0.25) is 0 Å². The number of hydrogen-bond acceptors (Lipinski definition) is 6. The summed E-state index contributed by atoms with van der Waals surface area (Å²) in [6, 6.07) is 26.8. The van der Waals surface area contributed by atoms with Crippen molar-refractivity contribution in [1.29, 1.82) is 0 Å². The molecule has 0 heterocycles. The Morgan fingerprint density at radius 1 is 0.444 bits per heavy atom. The Bertz CT molecular complexity index is 1180. The van der Waals surface area contributed by atoms with Crippen LogP contribution in [0, 0.1) is 0 Å². The summed E-state index contributed by atoms with van der Waals surface area (Å²) >= 11 is 0. The van der Waals surface area contributed by atoms with Crippen LogP contribution >= 0.6 is 0 Å². The molecule has 0 saturated heterocycles. The molecular weight excluding hydrogens is 555 g/mol. The summed E-state index contributed by atoms with van der Waals surface area (Å²) in [6.07, 6.45) is 3.02. The van der Waals surface area contributed by atoms with Crippen molar-refractivity contribution in [3.63, 3.8) is 0 Å². The van der Waals surface area contributed by atoms with Crippen LogP contribution in [0.3, 0.4) is 0 Å². The second kappa shape index (κ2) is 16.2. The Kier molecular flexibility index (Phi) is 13.7. The molecule has 0 aliphatic rings. The van der Waals surface area contributed by atoms with Crippen molar-refractivity contribution in [3.05, 3.63) is 119 Å². The van der Waals surface area contributed by atoms with Crippen LogP contribution in [0.4, 0.5) is 0 Å². The fraction of sp³-hybridized carbons (Fsp3) is 0.0714. The Balaban J connectivity index is 0.000000341. The van der Waals surface area contributed by atoms with Gasteiger partial charge < -0.3 is 20.4 Å². The maximum atomic E-state index is 11.4. The van der Waals surface area contributed by atoms with E-state index in [9.17, 15) is 20.4 Å². The van der Waals surface area contributed by atoms with Crippen molar-refractivity contribution in [1.82, 2.24) is 0 Å². The standard InChI is InChI=1S/2C14H13NO2.2Cu/c2*16-13-7-3-1-5-11(13)9-15-10-12-6-2-4-8-14(12)17;;/h2*1-9,16-17H,10H2;;/q;;2*+2/p-4. The zero-order chi connectivity index (χ0) is 24.2. The zero-order valence-electron chi connectivity index (χ0n) is 18.9. The molecule has 0 amide bonds. The summed E-state index contributed by atoms with van der Waals surface area (Å²) in [5.41, 5.74) is 2.34. The molecule has 0 saturated carbocycles. The smallest absolute Gasteiger partial charge is 0.872 e. The molecule has 0 bridgehead atoms. The molecule has 36 heavy (non-hydrogen) atoms. The summed E-state index contributed by atoms with van der Waals surface area (Å²) < 4.78 is 0. The first-order valence-electron chi connectivity index (χ1n) is 10.6. The molecule has 0 atom stereocenters. The van der Waals surface area contributed by atoms with Crippen molar-refractivity contribution in [2.75, 3.05) is 0 Å². The fourth-order valence-electron chi connectivity index (χ4n) is 2.93. The molecule has 6 nitrogen and oxygen atoms in total. The number of hydrogen-bond donors (Lipinski definition) is 0. The van der Waals surface area contributed by atoms with E-state index in [1.165, 1.54) is 36.7 Å². The van der Waals surface area contributed by atoms with Crippen molar-refractivity contribution in [2.45, 2.75) is 13.1 Å². The molecule has 190 valence electrons. The molecule has 2 radical (unpaired) electrons. The third kappa shape index (κ3) is 9.61. The maximum Gasteiger partial charge on any atom is 2.00 e. The van der Waals surface area contributed by atoms with E-state index in [1.54, 1.807) is 72.8 Å². The predicted molar refractivity (Wildman–Crippen MR) is 126 cm³/mol. The van der Waals surface area contributed by atoms with Crippen LogP contribution in [-0.4, -0.2) is 12.4 Å². The van der Waals surface area contributed by atoms with Gasteiger partial charge in [-0.1, -0.05) is 97.1 Å². The number of rotatable bonds is 6. The van der Waals surface area contributed by atoms with Gasteiger partial charge in [0, 0.05) is 12.4 Å². The van der Waals surface area contributed by atoms with Crippen LogP contribution in [0.25, 0.3) is 0 Å². The van der Waals surface area contributed by atoms with Gasteiger partial charge in [-0.05, 0) is 22.3 Å². The van der Waals surface area contributed by atoms with Crippen LogP contribution in [0.15, 0.2) is 107 Å². The molecule has 0 aliphatic heterocycles. The van der Waals surface area contributed by atoms with E-state index in [-0.39, 0.29) is 57.1 Å². The molecule has 4 aromatic carbocycles. The molecule has 0 unspecified atom stereocenters. The summed E-state index contributed by atoms with van der Waals surface area (Å²) in [4.78, 5) is 8.22. The summed E-state index contributed by atoms with van der Waals surface area (Å²) in [7, 11) is 0. The Morgan fingerprint density at radius 3 is 1.08 bits per heavy atom. The summed E-state index contributed by atoms with van der Waals surface area (Å²) in [5, 5.41) is 45.5. The largest absolute Gasteiger partial charge is 2.00 e. The zero-order valence-corrected chi connectivity index (χ0v) is 20.8. The second-order valence-electron chi connectivity index (χ2n) is 7.23. The Morgan fingerprint density at radius 2 is 0.750 bits per heavy atom. The first-order valence-corrected chi connectivity index (χ1v) is 10.6. The van der Waals surface area contributed by atoms with Gasteiger partial charge in [-0.2, -0.15) is 0 Å². The van der Waals surface area contributed by atoms with Gasteiger partial charge in [0.15, 0.2) is 0 Å². The molecule has 0 fully saturated rings. The number of nitrogens with zero attached hydrogens (tertiary/aromatic N) is 2. The minimum absolute atomic E-state index is 0. The predicted octanol–water partition coefficient (Wildman–Crippen LogP) is 2.90. The average molecular weight is 578 g/mol. The first kappa shape index (κ1) is 30.5. The van der Waals surface area contributed by atoms with Gasteiger partial charge in [-0.3, -0.25) is 9.98 Å². The molecule has 4 aromatic rings. The fourth-order valence-corrected chi connectivity index (χ4v) is 2.93. The molecule has 0 spiro atoms. The van der Waals surface area contributed by atoms with Gasteiger partial charge in [-0.15, -0.1) is 23.0 Å². The summed E-state index contributed by atoms with van der Waals surface area (Å²) in [6.45, 7) is 0.599. The van der Waals surface area contributed by atoms with Crippen LogP contribution in [0.2, 0.25) is 0 Å². The monoisotopic (exact) mass is 576 g/mol. The Hall–Kier alpha value is -3.54. The minimum Gasteiger partial charge on any atom is -0.872 e. The normalized spacial score (nSPS) is 10.2. The van der Waals surface area contributed by atoms with E-state index in [0.717, 1.165) is 0 Å². The van der Waals surface area contributed by atoms with Crippen LogP contribution in [0.1, 0.15) is 22.3 Å². The topological polar surface area (TPSA) is 117 Å². The van der Waals surface area contributed by atoms with Crippen LogP contribution < -0.4 is 20.4 Å². The van der Waals surface area contributed by atoms with Crippen LogP contribution in [-0.2, 0) is 47.2 Å². The molecule has 8 heteroatoms. The van der Waals surface area contributed by atoms with Gasteiger partial charge in [0.25, 0.3) is 0 Å². The van der Waals surface area contributed by atoms with Crippen molar-refractivity contribution in [3.8, 4) is 23.0 Å². The van der Waals surface area contributed by atoms with Crippen molar-refractivity contribution >= 4 is 12.4 Å². The van der Waals surface area contributed by atoms with Crippen molar-refractivity contribution in [2.24, 2.45) is 9.98 Å². The van der Waals surface area contributed by atoms with Gasteiger partial charge in [0.1, 0.15) is 0 Å². The second-order valence-corrected chi connectivity index (χ2v) is 7.23. The van der Waals surface area contributed by atoms with E-state index in [2.05, 4.69) is 9.98 Å². The average Bonchev–Trinajstić information content (AvgIpc) is 2.84. The van der Waals surface area contributed by atoms with Crippen LogP contribution in [0.5, 0.6) is 23.0 Å². The van der Waals surface area contributed by atoms with Gasteiger partial charge in [-0.25, -0.2) is 0 Å². The van der Waals surface area contributed by atoms with E-state index in [0.29, 0.717) is 35.3 Å². The van der Waals surface area contributed by atoms with E-state index in [4.69, 9.17) is 0 Å². The van der Waals surface area contributed by atoms with E-state index < -0.39 is 0 Å². The van der Waals surface area contributed by atoms with Gasteiger partial charge in [0.05, 0.1) is 13.1 Å². The quantitative estimate of drug-likeness (QED) is 0.259. The van der Waals surface area contributed by atoms with Gasteiger partial charge >= 0.3 is 34.1 Å². The first-order chi connectivity index (χ1) is 16.5. The molecule has 0 aromatic heterocycles. The van der Waals surface area contributed by atoms with E-state index in [1.807, 2.05) is 0 Å². The number of benzene rings is 4. The maximum absolute atomic E-state index is 11.4. The number of aliphatic imine (C=N–C) groups is 2. The Labute approximate surface area is 231 Å². The molecule has 4 rings (SSSR count). The SMILES string of the molecule is [Cu+2].[Cu+2].[O-]c1ccccc1C=NCc1ccccc1[O-].[O-]c1ccccc1C=NCc1ccccc1[O-]. The molecule has 0 aliphatic carbocycles. The minimum atomic E-state index is -0.0633. The molecule has 0 N–H and O–H groups in total. The third-order valence-corrected chi connectivity index (χ3v) is 4.77. The third-order valence-electron chi connectivity index (χ3n) is 4.77. The number of para-hydroxylation sites is 4. The molecular formula is C28H22Cu2N2O4. The summed E-state index contributed by atoms with van der Waals surface area (Å²) in [5.74, 6) is -0.182. The van der Waals surface area contributed by atoms with Crippen molar-refractivity contribution < 1.29 is 54.6 Å². The van der Waals surface area contributed by atoms with E-state index >= 15 is 0 Å².